The van der Waals surface area contributed by atoms with Crippen LogP contribution in [0.2, 0.25) is 0 Å². The normalized spacial score (nSPS) is 13.7. The maximum atomic E-state index is 12.5. The summed E-state index contributed by atoms with van der Waals surface area (Å²) in [6, 6.07) is 16.1. The number of hydrogen-bond acceptors (Lipinski definition) is 8. The van der Waals surface area contributed by atoms with Crippen molar-refractivity contribution < 1.29 is 9.59 Å². The molecule has 1 aliphatic rings. The number of carbonyl (C=O) groups is 2. The molecule has 4 aromatic heterocycles. The molecule has 1 saturated heterocycles. The van der Waals surface area contributed by atoms with E-state index in [0.717, 1.165) is 78.3 Å². The van der Waals surface area contributed by atoms with E-state index in [0.29, 0.717) is 11.3 Å². The lowest BCUT2D eigenvalue weighted by atomic mass is 10.1. The third-order valence-electron chi connectivity index (χ3n) is 7.90. The van der Waals surface area contributed by atoms with Crippen molar-refractivity contribution in [2.24, 2.45) is 0 Å². The van der Waals surface area contributed by atoms with Gasteiger partial charge < -0.3 is 15.1 Å². The second-order valence-electron chi connectivity index (χ2n) is 10.9. The fourth-order valence-electron chi connectivity index (χ4n) is 5.35. The van der Waals surface area contributed by atoms with Gasteiger partial charge in [-0.2, -0.15) is 5.10 Å². The van der Waals surface area contributed by atoms with Crippen LogP contribution in [0.1, 0.15) is 56.1 Å². The number of carbonyl (C=O) groups excluding carboxylic acids is 2. The van der Waals surface area contributed by atoms with E-state index in [4.69, 9.17) is 0 Å². The van der Waals surface area contributed by atoms with E-state index < -0.39 is 0 Å². The molecule has 234 valence electrons. The van der Waals surface area contributed by atoms with E-state index in [1.54, 1.807) is 24.8 Å². The number of aromatic amines is 1. The third-order valence-corrected chi connectivity index (χ3v) is 8.93. The predicted molar refractivity (Wildman–Crippen MR) is 180 cm³/mol. The molecule has 2 N–H and O–H groups in total. The Morgan fingerprint density at radius 2 is 1.64 bits per heavy atom. The van der Waals surface area contributed by atoms with Crippen molar-refractivity contribution in [1.82, 2.24) is 35.4 Å². The third kappa shape index (κ3) is 7.91. The number of anilines is 1. The molecule has 0 spiro atoms. The van der Waals surface area contributed by atoms with Crippen LogP contribution in [-0.4, -0.2) is 74.1 Å². The van der Waals surface area contributed by atoms with Crippen LogP contribution in [-0.2, 0) is 4.79 Å². The largest absolute Gasteiger partial charge is 0.368 e. The molecule has 45 heavy (non-hydrogen) atoms. The molecule has 1 aromatic carbocycles. The lowest BCUT2D eigenvalue weighted by molar-refractivity contribution is -0.131. The van der Waals surface area contributed by atoms with Crippen molar-refractivity contribution in [3.63, 3.8) is 0 Å². The molecular formula is C34H40N8O2S. The highest BCUT2D eigenvalue weighted by atomic mass is 32.1. The molecule has 0 saturated carbocycles. The zero-order valence-electron chi connectivity index (χ0n) is 26.1. The molecule has 0 bridgehead atoms. The Hall–Kier alpha value is -4.64. The van der Waals surface area contributed by atoms with Crippen LogP contribution in [0, 0.1) is 0 Å². The summed E-state index contributed by atoms with van der Waals surface area (Å²) in [5, 5.41) is 11.5. The van der Waals surface area contributed by atoms with Crippen LogP contribution >= 0.6 is 11.3 Å². The highest BCUT2D eigenvalue weighted by molar-refractivity contribution is 7.20. The van der Waals surface area contributed by atoms with E-state index >= 15 is 0 Å². The molecular weight excluding hydrogens is 584 g/mol. The first kappa shape index (κ1) is 31.8. The number of fused-ring (bicyclic) bond motifs is 1. The van der Waals surface area contributed by atoms with Gasteiger partial charge in [0.25, 0.3) is 5.91 Å². The fraction of sp³-hybridized carbons (Fsp3) is 0.353. The molecule has 0 radical (unpaired) electrons. The minimum atomic E-state index is -0.00558. The lowest BCUT2D eigenvalue weighted by Gasteiger charge is -2.36. The molecule has 6 rings (SSSR count). The van der Waals surface area contributed by atoms with Gasteiger partial charge in [-0.15, -0.1) is 11.3 Å². The number of benzene rings is 1. The van der Waals surface area contributed by atoms with Gasteiger partial charge in [-0.3, -0.25) is 19.7 Å². The number of H-pyrrole nitrogens is 1. The first-order chi connectivity index (χ1) is 22.0. The zero-order chi connectivity index (χ0) is 31.6. The van der Waals surface area contributed by atoms with E-state index in [1.165, 1.54) is 17.0 Å². The second-order valence-corrected chi connectivity index (χ2v) is 11.9. The Labute approximate surface area is 267 Å². The van der Waals surface area contributed by atoms with E-state index in [-0.39, 0.29) is 17.9 Å². The Kier molecular flexibility index (Phi) is 10.9. The van der Waals surface area contributed by atoms with Gasteiger partial charge in [0, 0.05) is 85.6 Å². The number of rotatable bonds is 9. The van der Waals surface area contributed by atoms with E-state index in [2.05, 4.69) is 61.3 Å². The maximum absolute atomic E-state index is 12.5. The van der Waals surface area contributed by atoms with Crippen LogP contribution in [0.25, 0.3) is 32.9 Å². The summed E-state index contributed by atoms with van der Waals surface area (Å²) < 4.78 is 0. The molecule has 10 nitrogen and oxygen atoms in total. The maximum Gasteiger partial charge on any atom is 0.261 e. The number of thiophene rings is 1. The molecule has 11 heteroatoms. The number of piperazine rings is 1. The number of hydrogen-bond donors (Lipinski definition) is 2. The number of aromatic nitrogens is 5. The summed E-state index contributed by atoms with van der Waals surface area (Å²) in [6.45, 7) is 9.52. The second kappa shape index (κ2) is 15.4. The monoisotopic (exact) mass is 624 g/mol. The molecule has 0 aliphatic carbocycles. The van der Waals surface area contributed by atoms with E-state index in [9.17, 15) is 9.59 Å². The topological polar surface area (TPSA) is 120 Å². The van der Waals surface area contributed by atoms with Crippen LogP contribution < -0.4 is 10.2 Å². The van der Waals surface area contributed by atoms with Gasteiger partial charge in [0.05, 0.1) is 10.6 Å². The van der Waals surface area contributed by atoms with Gasteiger partial charge in [0.1, 0.15) is 4.83 Å². The van der Waals surface area contributed by atoms with E-state index in [1.807, 2.05) is 48.2 Å². The first-order valence-electron chi connectivity index (χ1n) is 15.6. The van der Waals surface area contributed by atoms with Gasteiger partial charge in [0.2, 0.25) is 5.91 Å². The lowest BCUT2D eigenvalue weighted by Crippen LogP contribution is -2.48. The summed E-state index contributed by atoms with van der Waals surface area (Å²) in [7, 11) is 0. The van der Waals surface area contributed by atoms with Gasteiger partial charge in [-0.25, -0.2) is 9.97 Å². The van der Waals surface area contributed by atoms with Crippen LogP contribution in [0.15, 0.2) is 73.3 Å². The highest BCUT2D eigenvalue weighted by Crippen LogP contribution is 2.32. The molecule has 1 atom stereocenters. The van der Waals surface area contributed by atoms with Gasteiger partial charge in [-0.05, 0) is 61.4 Å². The van der Waals surface area contributed by atoms with Crippen molar-refractivity contribution in [2.45, 2.75) is 52.5 Å². The SMILES string of the molecule is CCC(=O)N1CCN(c2ccc(-c3ncccn3)cc2)CC1.CCC[C@H](CC)NC(=O)c1cc2c(-c3ccncc3)[nH]nc2s1. The van der Waals surface area contributed by atoms with Crippen molar-refractivity contribution >= 4 is 39.1 Å². The summed E-state index contributed by atoms with van der Waals surface area (Å²) in [5.74, 6) is 0.984. The molecule has 0 unspecified atom stereocenters. The zero-order valence-corrected chi connectivity index (χ0v) is 26.9. The smallest absolute Gasteiger partial charge is 0.261 e. The molecule has 2 amide bonds. The molecule has 1 aliphatic heterocycles. The number of pyridine rings is 1. The van der Waals surface area contributed by atoms with Gasteiger partial charge >= 0.3 is 0 Å². The minimum absolute atomic E-state index is 0.00558. The van der Waals surface area contributed by atoms with Crippen LogP contribution in [0.4, 0.5) is 5.69 Å². The quantitative estimate of drug-likeness (QED) is 0.200. The van der Waals surface area contributed by atoms with Crippen molar-refractivity contribution in [3.05, 3.63) is 78.2 Å². The molecule has 5 aromatic rings. The first-order valence-corrected chi connectivity index (χ1v) is 16.4. The van der Waals surface area contributed by atoms with Crippen molar-refractivity contribution in [3.8, 4) is 22.6 Å². The van der Waals surface area contributed by atoms with Crippen molar-refractivity contribution in [2.75, 3.05) is 31.1 Å². The highest BCUT2D eigenvalue weighted by Gasteiger charge is 2.20. The van der Waals surface area contributed by atoms with Gasteiger partial charge in [-0.1, -0.05) is 27.2 Å². The summed E-state index contributed by atoms with van der Waals surface area (Å²) in [5.41, 5.74) is 4.15. The Bertz CT molecular complexity index is 1660. The van der Waals surface area contributed by atoms with Gasteiger partial charge in [0.15, 0.2) is 5.82 Å². The summed E-state index contributed by atoms with van der Waals surface area (Å²) >= 11 is 1.42. The number of amides is 2. The number of nitrogens with zero attached hydrogens (tertiary/aromatic N) is 6. The molecule has 1 fully saturated rings. The Morgan fingerprint density at radius 1 is 0.933 bits per heavy atom. The van der Waals surface area contributed by atoms with Crippen LogP contribution in [0.3, 0.4) is 0 Å². The van der Waals surface area contributed by atoms with Crippen molar-refractivity contribution in [1.29, 1.82) is 0 Å². The Morgan fingerprint density at radius 3 is 2.29 bits per heavy atom. The number of nitrogens with one attached hydrogen (secondary N) is 2. The average Bonchev–Trinajstić information content (AvgIpc) is 3.71. The van der Waals surface area contributed by atoms with Crippen LogP contribution in [0.5, 0.6) is 0 Å². The standard InChI is InChI=1S/C17H20N4OS.C17H20N4O/c1-3-5-12(4-2)19-16(22)14-10-13-15(20-21-17(13)23-14)11-6-8-18-9-7-11;1-2-16(22)21-12-10-20(11-13-21)15-6-4-14(5-7-15)17-18-8-3-9-19-17/h6-10,12H,3-5H2,1-2H3,(H,19,22)(H,20,21);3-9H,2,10-13H2,1H3/t12-;/m0./s1. The minimum Gasteiger partial charge on any atom is -0.368 e. The Balaban J connectivity index is 0.000000178. The predicted octanol–water partition coefficient (Wildman–Crippen LogP) is 6.20. The average molecular weight is 625 g/mol. The summed E-state index contributed by atoms with van der Waals surface area (Å²) in [6.07, 6.45) is 10.6. The fourth-order valence-corrected chi connectivity index (χ4v) is 6.25. The molecule has 5 heterocycles. The summed E-state index contributed by atoms with van der Waals surface area (Å²) in [4.78, 5) is 42.5.